The van der Waals surface area contributed by atoms with E-state index in [0.717, 1.165) is 0 Å². The first kappa shape index (κ1) is 30.1. The highest BCUT2D eigenvalue weighted by molar-refractivity contribution is 6.03. The molecule has 1 aliphatic carbocycles. The van der Waals surface area contributed by atoms with E-state index in [0.29, 0.717) is 43.9 Å². The van der Waals surface area contributed by atoms with Gasteiger partial charge in [-0.2, -0.15) is 9.97 Å². The van der Waals surface area contributed by atoms with Crippen molar-refractivity contribution >= 4 is 27.5 Å². The third-order valence-corrected chi connectivity index (χ3v) is 10.1. The van der Waals surface area contributed by atoms with Gasteiger partial charge in [0.2, 0.25) is 0 Å². The molecule has 3 aliphatic heterocycles. The highest BCUT2D eigenvalue weighted by Gasteiger charge is 2.77. The van der Waals surface area contributed by atoms with Crippen LogP contribution in [0.5, 0.6) is 11.8 Å². The van der Waals surface area contributed by atoms with Gasteiger partial charge in [-0.1, -0.05) is 12.0 Å². The van der Waals surface area contributed by atoms with E-state index < -0.39 is 34.7 Å². The third-order valence-electron chi connectivity index (χ3n) is 10.1. The van der Waals surface area contributed by atoms with Crippen molar-refractivity contribution in [3.8, 4) is 35.4 Å². The van der Waals surface area contributed by atoms with E-state index >= 15 is 4.39 Å². The number of pyridine rings is 1. The third kappa shape index (κ3) is 4.75. The van der Waals surface area contributed by atoms with Crippen molar-refractivity contribution in [2.75, 3.05) is 50.9 Å². The maximum absolute atomic E-state index is 16.7. The predicted octanol–water partition coefficient (Wildman–Crippen LogP) is 5.63. The lowest BCUT2D eigenvalue weighted by molar-refractivity contribution is 0.0634. The Balaban J connectivity index is 1.25. The Morgan fingerprint density at radius 1 is 1.13 bits per heavy atom. The van der Waals surface area contributed by atoms with Crippen molar-refractivity contribution in [1.82, 2.24) is 19.9 Å². The number of rotatable bonds is 5. The molecule has 47 heavy (non-hydrogen) atoms. The lowest BCUT2D eigenvalue weighted by Crippen LogP contribution is -2.43. The first-order valence-corrected chi connectivity index (χ1v) is 15.5. The normalized spacial score (nSPS) is 26.9. The van der Waals surface area contributed by atoms with Crippen LogP contribution in [0.1, 0.15) is 31.2 Å². The number of terminal acetylenes is 1. The molecule has 1 spiro atoms. The minimum Gasteiger partial charge on any atom is -0.508 e. The van der Waals surface area contributed by atoms with Crippen LogP contribution in [-0.4, -0.2) is 88.6 Å². The zero-order chi connectivity index (χ0) is 32.7. The number of anilines is 1. The van der Waals surface area contributed by atoms with Crippen LogP contribution in [0.2, 0.25) is 0 Å². The molecule has 0 radical (unpaired) electrons. The Labute approximate surface area is 266 Å². The molecular weight excluding hydrogens is 621 g/mol. The number of alkyl halides is 3. The molecule has 1 N–H and O–H groups in total. The van der Waals surface area contributed by atoms with Crippen LogP contribution in [0.4, 0.5) is 27.8 Å². The Hall–Kier alpha value is -4.28. The summed E-state index contributed by atoms with van der Waals surface area (Å²) in [7, 11) is 0. The molecule has 3 saturated heterocycles. The van der Waals surface area contributed by atoms with Crippen LogP contribution in [-0.2, 0) is 4.74 Å². The van der Waals surface area contributed by atoms with Gasteiger partial charge in [-0.3, -0.25) is 9.88 Å². The Bertz CT molecular complexity index is 1980. The van der Waals surface area contributed by atoms with E-state index in [9.17, 15) is 22.7 Å². The van der Waals surface area contributed by atoms with Gasteiger partial charge in [0.15, 0.2) is 5.82 Å². The van der Waals surface area contributed by atoms with Gasteiger partial charge in [-0.05, 0) is 36.4 Å². The summed E-state index contributed by atoms with van der Waals surface area (Å²) < 4.78 is 86.7. The monoisotopic (exact) mass is 651 g/mol. The number of halogens is 5. The lowest BCUT2D eigenvalue weighted by Gasteiger charge is -2.31. The van der Waals surface area contributed by atoms with Crippen molar-refractivity contribution in [2.24, 2.45) is 5.41 Å². The largest absolute Gasteiger partial charge is 0.508 e. The molecule has 4 aromatic rings. The number of ether oxygens (including phenoxy) is 2. The van der Waals surface area contributed by atoms with Gasteiger partial charge in [0, 0.05) is 62.8 Å². The predicted molar refractivity (Wildman–Crippen MR) is 163 cm³/mol. The van der Waals surface area contributed by atoms with E-state index in [1.807, 2.05) is 4.90 Å². The molecule has 1 saturated carbocycles. The van der Waals surface area contributed by atoms with E-state index in [4.69, 9.17) is 15.9 Å². The van der Waals surface area contributed by atoms with Crippen LogP contribution in [0.25, 0.3) is 32.9 Å². The number of hydrogen-bond donors (Lipinski definition) is 1. The second kappa shape index (κ2) is 10.6. The fourth-order valence-electron chi connectivity index (χ4n) is 7.88. The van der Waals surface area contributed by atoms with E-state index in [-0.39, 0.29) is 83.8 Å². The Kier molecular flexibility index (Phi) is 6.79. The lowest BCUT2D eigenvalue weighted by atomic mass is 9.88. The number of hydrogen-bond acceptors (Lipinski definition) is 8. The van der Waals surface area contributed by atoms with Crippen molar-refractivity contribution in [1.29, 1.82) is 0 Å². The molecule has 8 nitrogen and oxygen atoms in total. The molecule has 3 unspecified atom stereocenters. The summed E-state index contributed by atoms with van der Waals surface area (Å²) in [4.78, 5) is 17.1. The zero-order valence-corrected chi connectivity index (χ0v) is 25.2. The van der Waals surface area contributed by atoms with Crippen LogP contribution in [0.15, 0.2) is 30.5 Å². The quantitative estimate of drug-likeness (QED) is 0.220. The van der Waals surface area contributed by atoms with Crippen molar-refractivity contribution in [2.45, 2.75) is 43.3 Å². The summed E-state index contributed by atoms with van der Waals surface area (Å²) in [6.07, 6.45) is 6.42. The molecule has 8 rings (SSSR count). The molecule has 0 bridgehead atoms. The van der Waals surface area contributed by atoms with E-state index in [1.54, 1.807) is 4.90 Å². The SMILES string of the molecule is C#Cc1c(F)ccc2cc(O)cc(-c3ncc4c(N5CCCOCC5)nc(OCC56CC(F)CN5CC5(C6)CC5(F)F)nc4c3F)c12. The van der Waals surface area contributed by atoms with Gasteiger partial charge < -0.3 is 19.5 Å². The van der Waals surface area contributed by atoms with Crippen molar-refractivity contribution < 1.29 is 36.5 Å². The summed E-state index contributed by atoms with van der Waals surface area (Å²) in [5.74, 6) is -1.92. The number of phenolic OH excluding ortho intramolecular Hbond substituents is 1. The molecule has 5 heterocycles. The summed E-state index contributed by atoms with van der Waals surface area (Å²) >= 11 is 0. The second-order valence-electron chi connectivity index (χ2n) is 13.2. The van der Waals surface area contributed by atoms with Gasteiger partial charge in [0.25, 0.3) is 5.92 Å². The number of benzene rings is 2. The summed E-state index contributed by atoms with van der Waals surface area (Å²) in [6, 6.07) is 5.05. The molecule has 2 aromatic carbocycles. The van der Waals surface area contributed by atoms with Gasteiger partial charge in [0.1, 0.15) is 41.4 Å². The average molecular weight is 652 g/mol. The molecule has 244 valence electrons. The Morgan fingerprint density at radius 2 is 1.96 bits per heavy atom. The van der Waals surface area contributed by atoms with Crippen molar-refractivity contribution in [3.63, 3.8) is 0 Å². The van der Waals surface area contributed by atoms with Crippen LogP contribution in [0.3, 0.4) is 0 Å². The van der Waals surface area contributed by atoms with Crippen LogP contribution in [0, 0.1) is 29.4 Å². The minimum atomic E-state index is -2.80. The number of aromatic hydroxyl groups is 1. The molecule has 13 heteroatoms. The van der Waals surface area contributed by atoms with E-state index in [2.05, 4.69) is 20.9 Å². The smallest absolute Gasteiger partial charge is 0.319 e. The topological polar surface area (TPSA) is 83.8 Å². The molecule has 4 aliphatic rings. The van der Waals surface area contributed by atoms with Gasteiger partial charge in [-0.25, -0.2) is 22.0 Å². The summed E-state index contributed by atoms with van der Waals surface area (Å²) in [6.45, 7) is 1.89. The first-order chi connectivity index (χ1) is 22.5. The molecule has 0 amide bonds. The highest BCUT2D eigenvalue weighted by Crippen LogP contribution is 2.69. The van der Waals surface area contributed by atoms with Crippen LogP contribution < -0.4 is 9.64 Å². The first-order valence-electron chi connectivity index (χ1n) is 15.5. The fourth-order valence-corrected chi connectivity index (χ4v) is 7.88. The zero-order valence-electron chi connectivity index (χ0n) is 25.2. The maximum Gasteiger partial charge on any atom is 0.319 e. The fraction of sp³-hybridized carbons (Fsp3) is 0.441. The maximum atomic E-state index is 16.7. The number of phenols is 1. The summed E-state index contributed by atoms with van der Waals surface area (Å²) in [5, 5.41) is 11.3. The van der Waals surface area contributed by atoms with Crippen molar-refractivity contribution in [3.05, 3.63) is 47.7 Å². The molecular formula is C34H30F5N5O3. The van der Waals surface area contributed by atoms with E-state index in [1.165, 1.54) is 30.5 Å². The Morgan fingerprint density at radius 3 is 2.74 bits per heavy atom. The minimum absolute atomic E-state index is 0.0375. The standard InChI is InChI=1S/C34H30F5N5O3/c1-2-22-25(36)5-4-19-10-21(45)11-23(26(19)22)28-27(37)29-24(13-40-28)30(43-6-3-8-46-9-7-43)42-31(41-29)47-18-33-12-20(35)14-44(33)17-32(15-33)16-34(32,38)39/h1,4-5,10-11,13,20,45H,3,6-9,12,14-18H2. The van der Waals surface area contributed by atoms with Gasteiger partial charge in [0.05, 0.1) is 28.5 Å². The molecule has 4 fully saturated rings. The van der Waals surface area contributed by atoms with Crippen LogP contribution >= 0.6 is 0 Å². The highest BCUT2D eigenvalue weighted by atomic mass is 19.3. The molecule has 2 aromatic heterocycles. The average Bonchev–Trinajstić information content (AvgIpc) is 3.43. The molecule has 3 atom stereocenters. The van der Waals surface area contributed by atoms with Gasteiger partial charge >= 0.3 is 6.01 Å². The number of aromatic nitrogens is 3. The number of nitrogens with zero attached hydrogens (tertiary/aromatic N) is 5. The number of fused-ring (bicyclic) bond motifs is 3. The second-order valence-corrected chi connectivity index (χ2v) is 13.2. The van der Waals surface area contributed by atoms with Gasteiger partial charge in [-0.15, -0.1) is 6.42 Å². The summed E-state index contributed by atoms with van der Waals surface area (Å²) in [5.41, 5.74) is -2.59.